The summed E-state index contributed by atoms with van der Waals surface area (Å²) in [5.41, 5.74) is 2.30. The van der Waals surface area contributed by atoms with E-state index in [2.05, 4.69) is 57.2 Å². The predicted molar refractivity (Wildman–Crippen MR) is 183 cm³/mol. The van der Waals surface area contributed by atoms with Crippen LogP contribution < -0.4 is 20.7 Å². The van der Waals surface area contributed by atoms with Gasteiger partial charge in [-0.05, 0) is 31.5 Å². The lowest BCUT2D eigenvalue weighted by Crippen LogP contribution is -2.16. The van der Waals surface area contributed by atoms with Crippen molar-refractivity contribution in [2.45, 2.75) is 13.3 Å². The maximum absolute atomic E-state index is 13.8. The van der Waals surface area contributed by atoms with Gasteiger partial charge in [0.25, 0.3) is 5.69 Å². The number of methoxy groups -OCH3 is 1. The van der Waals surface area contributed by atoms with E-state index in [0.717, 1.165) is 17.0 Å². The highest BCUT2D eigenvalue weighted by Crippen LogP contribution is 2.37. The number of hydrogen-bond donors (Lipinski definition) is 3. The van der Waals surface area contributed by atoms with Crippen molar-refractivity contribution >= 4 is 61.3 Å². The number of anilines is 4. The number of aromatic nitrogens is 5. The number of ether oxygens (including phenoxy) is 3. The molecular formula is C31H31FN12O5S. The molecule has 0 aliphatic rings. The van der Waals surface area contributed by atoms with Crippen molar-refractivity contribution in [3.63, 3.8) is 0 Å². The highest BCUT2D eigenvalue weighted by Gasteiger charge is 2.18. The number of nitriles is 1. The van der Waals surface area contributed by atoms with Crippen molar-refractivity contribution in [3.05, 3.63) is 75.9 Å². The predicted octanol–water partition coefficient (Wildman–Crippen LogP) is 6.22. The monoisotopic (exact) mass is 702 g/mol. The Morgan fingerprint density at radius 3 is 2.60 bits per heavy atom. The number of nitro groups is 1. The standard InChI is InChI=1S/C31H31FN12O5S/c1-19-22(18-33)26(36-20-7-4-3-5-8-20)38-27(25(19)42-43-31-37-23-10-9-21(44(45)46)17-24(23)50-31)34-12-14-48-15-16-49-30-40-28(32)39-29(41-30)35-11-6-13-47-2/h3-5,7-10,17H,6,11-16H2,1-2H3,(H2,34,36,38)(H,35,39,40,41). The van der Waals surface area contributed by atoms with Gasteiger partial charge in [0.05, 0.1) is 33.9 Å². The van der Waals surface area contributed by atoms with Crippen LogP contribution in [-0.2, 0) is 9.47 Å². The number of pyridine rings is 1. The molecule has 0 bridgehead atoms. The van der Waals surface area contributed by atoms with E-state index >= 15 is 0 Å². The molecule has 5 rings (SSSR count). The van der Waals surface area contributed by atoms with E-state index in [1.165, 1.54) is 12.1 Å². The Bertz CT molecular complexity index is 2010. The van der Waals surface area contributed by atoms with Gasteiger partial charge in [0.1, 0.15) is 18.4 Å². The lowest BCUT2D eigenvalue weighted by atomic mass is 10.1. The zero-order chi connectivity index (χ0) is 35.3. The number of azo groups is 1. The normalized spacial score (nSPS) is 11.1. The molecule has 0 atom stereocenters. The first-order chi connectivity index (χ1) is 24.3. The van der Waals surface area contributed by atoms with Gasteiger partial charge in [0.2, 0.25) is 11.1 Å². The van der Waals surface area contributed by atoms with Gasteiger partial charge >= 0.3 is 12.1 Å². The summed E-state index contributed by atoms with van der Waals surface area (Å²) in [6, 6.07) is 15.6. The number of hydrogen-bond acceptors (Lipinski definition) is 17. The average molecular weight is 703 g/mol. The molecule has 19 heteroatoms. The Morgan fingerprint density at radius 2 is 1.82 bits per heavy atom. The second-order valence-electron chi connectivity index (χ2n) is 10.2. The van der Waals surface area contributed by atoms with Crippen LogP contribution in [0.5, 0.6) is 6.01 Å². The summed E-state index contributed by atoms with van der Waals surface area (Å²) in [5.74, 6) is 0.697. The molecule has 0 amide bonds. The van der Waals surface area contributed by atoms with Crippen molar-refractivity contribution in [2.75, 3.05) is 62.6 Å². The van der Waals surface area contributed by atoms with Gasteiger partial charge in [-0.1, -0.05) is 29.5 Å². The highest BCUT2D eigenvalue weighted by atomic mass is 32.1. The SMILES string of the molecule is COCCCNc1nc(F)nc(OCCOCCNc2nc(Nc3ccccc3)c(C#N)c(C)c2N=Nc2nc3ccc([N+](=O)[O-])cc3s2)n1. The molecule has 2 aromatic carbocycles. The van der Waals surface area contributed by atoms with Crippen molar-refractivity contribution in [2.24, 2.45) is 10.2 Å². The molecule has 0 radical (unpaired) electrons. The number of halogens is 1. The van der Waals surface area contributed by atoms with Crippen LogP contribution >= 0.6 is 11.3 Å². The van der Waals surface area contributed by atoms with E-state index in [1.807, 2.05) is 30.3 Å². The number of thiazole rings is 1. The first-order valence-electron chi connectivity index (χ1n) is 15.2. The number of fused-ring (bicyclic) bond motifs is 1. The van der Waals surface area contributed by atoms with Crippen LogP contribution in [0.3, 0.4) is 0 Å². The number of benzene rings is 2. The van der Waals surface area contributed by atoms with Crippen LogP contribution in [0.4, 0.5) is 44.2 Å². The van der Waals surface area contributed by atoms with Gasteiger partial charge in [-0.2, -0.15) is 19.6 Å². The number of para-hydroxylation sites is 1. The molecule has 5 aromatic rings. The Morgan fingerprint density at radius 1 is 0.980 bits per heavy atom. The van der Waals surface area contributed by atoms with Crippen molar-refractivity contribution in [3.8, 4) is 12.1 Å². The fourth-order valence-corrected chi connectivity index (χ4v) is 5.22. The summed E-state index contributed by atoms with van der Waals surface area (Å²) >= 11 is 1.14. The van der Waals surface area contributed by atoms with Crippen LogP contribution in [0.2, 0.25) is 0 Å². The summed E-state index contributed by atoms with van der Waals surface area (Å²) in [5, 5.41) is 39.5. The lowest BCUT2D eigenvalue weighted by Gasteiger charge is -2.15. The van der Waals surface area contributed by atoms with E-state index in [0.29, 0.717) is 52.7 Å². The lowest BCUT2D eigenvalue weighted by molar-refractivity contribution is -0.384. The Labute approximate surface area is 288 Å². The Kier molecular flexibility index (Phi) is 12.3. The third kappa shape index (κ3) is 9.56. The van der Waals surface area contributed by atoms with Gasteiger partial charge in [0, 0.05) is 50.2 Å². The Hall–Kier alpha value is -5.97. The van der Waals surface area contributed by atoms with E-state index in [1.54, 1.807) is 20.1 Å². The molecule has 0 unspecified atom stereocenters. The highest BCUT2D eigenvalue weighted by molar-refractivity contribution is 7.21. The van der Waals surface area contributed by atoms with Crippen molar-refractivity contribution in [1.82, 2.24) is 24.9 Å². The van der Waals surface area contributed by atoms with Crippen LogP contribution in [-0.4, -0.2) is 76.5 Å². The second-order valence-corrected chi connectivity index (χ2v) is 11.2. The van der Waals surface area contributed by atoms with Crippen LogP contribution in [0.15, 0.2) is 58.8 Å². The zero-order valence-corrected chi connectivity index (χ0v) is 27.7. The van der Waals surface area contributed by atoms with Crippen molar-refractivity contribution < 1.29 is 23.5 Å². The number of nitro benzene ring substituents is 1. The summed E-state index contributed by atoms with van der Waals surface area (Å²) in [6.45, 7) is 3.46. The van der Waals surface area contributed by atoms with E-state index in [9.17, 15) is 19.8 Å². The molecule has 0 spiro atoms. The molecule has 3 N–H and O–H groups in total. The molecule has 0 aliphatic heterocycles. The molecule has 3 aromatic heterocycles. The first-order valence-corrected chi connectivity index (χ1v) is 16.0. The van der Waals surface area contributed by atoms with Gasteiger partial charge in [-0.15, -0.1) is 15.2 Å². The van der Waals surface area contributed by atoms with E-state index in [4.69, 9.17) is 14.2 Å². The molecule has 0 saturated carbocycles. The topological polar surface area (TPSA) is 220 Å². The Balaban J connectivity index is 1.25. The third-order valence-corrected chi connectivity index (χ3v) is 7.67. The number of nitrogens with one attached hydrogen (secondary N) is 3. The minimum Gasteiger partial charge on any atom is -0.461 e. The van der Waals surface area contributed by atoms with Crippen molar-refractivity contribution in [1.29, 1.82) is 5.26 Å². The summed E-state index contributed by atoms with van der Waals surface area (Å²) in [7, 11) is 1.59. The van der Waals surface area contributed by atoms with Crippen LogP contribution in [0.25, 0.3) is 10.2 Å². The van der Waals surface area contributed by atoms with Gasteiger partial charge in [-0.25, -0.2) is 9.97 Å². The van der Waals surface area contributed by atoms with Gasteiger partial charge < -0.3 is 30.2 Å². The number of non-ortho nitro benzene ring substituents is 1. The van der Waals surface area contributed by atoms with Crippen LogP contribution in [0, 0.1) is 34.4 Å². The second kappa shape index (κ2) is 17.4. The summed E-state index contributed by atoms with van der Waals surface area (Å²) < 4.78 is 30.5. The smallest absolute Gasteiger partial charge is 0.323 e. The molecule has 258 valence electrons. The van der Waals surface area contributed by atoms with E-state index < -0.39 is 11.0 Å². The van der Waals surface area contributed by atoms with Gasteiger partial charge in [0.15, 0.2) is 11.6 Å². The molecule has 0 saturated heterocycles. The largest absolute Gasteiger partial charge is 0.461 e. The van der Waals surface area contributed by atoms with Gasteiger partial charge in [-0.3, -0.25) is 10.1 Å². The first kappa shape index (κ1) is 35.3. The molecule has 0 aliphatic carbocycles. The fourth-order valence-electron chi connectivity index (χ4n) is 4.40. The number of nitrogens with zero attached hydrogens (tertiary/aromatic N) is 9. The third-order valence-electron chi connectivity index (χ3n) is 6.76. The summed E-state index contributed by atoms with van der Waals surface area (Å²) in [6.07, 6.45) is -0.285. The average Bonchev–Trinajstić information content (AvgIpc) is 3.52. The fraction of sp³-hybridized carbons (Fsp3) is 0.290. The van der Waals surface area contributed by atoms with E-state index in [-0.39, 0.29) is 54.7 Å². The molecular weight excluding hydrogens is 671 g/mol. The zero-order valence-electron chi connectivity index (χ0n) is 26.9. The quantitative estimate of drug-likeness (QED) is 0.0400. The minimum atomic E-state index is -0.972. The molecule has 17 nitrogen and oxygen atoms in total. The maximum atomic E-state index is 13.8. The minimum absolute atomic E-state index is 0.0523. The van der Waals surface area contributed by atoms with Crippen LogP contribution in [0.1, 0.15) is 17.5 Å². The molecule has 50 heavy (non-hydrogen) atoms. The molecule has 3 heterocycles. The number of rotatable bonds is 18. The molecule has 0 fully saturated rings. The summed E-state index contributed by atoms with van der Waals surface area (Å²) in [4.78, 5) is 31.0. The maximum Gasteiger partial charge on any atom is 0.323 e.